The summed E-state index contributed by atoms with van der Waals surface area (Å²) in [5.74, 6) is 0.699. The highest BCUT2D eigenvalue weighted by Gasteiger charge is 2.12. The molecule has 0 bridgehead atoms. The Morgan fingerprint density at radius 2 is 2.17 bits per heavy atom. The van der Waals surface area contributed by atoms with Crippen molar-refractivity contribution in [3.05, 3.63) is 41.0 Å². The van der Waals surface area contributed by atoms with Crippen LogP contribution in [0.5, 0.6) is 0 Å². The fourth-order valence-electron chi connectivity index (χ4n) is 1.88. The second-order valence-electron chi connectivity index (χ2n) is 3.62. The zero-order chi connectivity index (χ0) is 8.55. The molecular weight excluding hydrogens is 144 g/mol. The fourth-order valence-corrected chi connectivity index (χ4v) is 1.88. The number of benzene rings is 1. The molecule has 1 unspecified atom stereocenters. The minimum atomic E-state index is 0.699. The van der Waals surface area contributed by atoms with Crippen molar-refractivity contribution in [2.24, 2.45) is 0 Å². The minimum absolute atomic E-state index is 0.699. The first-order valence-electron chi connectivity index (χ1n) is 4.55. The first kappa shape index (κ1) is 7.60. The molecule has 0 spiro atoms. The van der Waals surface area contributed by atoms with Crippen LogP contribution in [-0.2, 0) is 0 Å². The Kier molecular flexibility index (Phi) is 1.76. The predicted molar refractivity (Wildman–Crippen MR) is 53.2 cm³/mol. The van der Waals surface area contributed by atoms with Gasteiger partial charge in [-0.1, -0.05) is 37.3 Å². The summed E-state index contributed by atoms with van der Waals surface area (Å²) in [6.45, 7) is 4.48. The molecule has 1 aromatic carbocycles. The van der Waals surface area contributed by atoms with Gasteiger partial charge in [0.25, 0.3) is 0 Å². The molecule has 0 amide bonds. The highest BCUT2D eigenvalue weighted by Crippen LogP contribution is 2.30. The maximum atomic E-state index is 2.29. The maximum Gasteiger partial charge on any atom is -0.0150 e. The third-order valence-corrected chi connectivity index (χ3v) is 2.66. The first-order chi connectivity index (χ1) is 5.79. The van der Waals surface area contributed by atoms with Crippen molar-refractivity contribution in [2.75, 3.05) is 0 Å². The van der Waals surface area contributed by atoms with Gasteiger partial charge in [-0.15, -0.1) is 0 Å². The average Bonchev–Trinajstić information content (AvgIpc) is 2.07. The van der Waals surface area contributed by atoms with Crippen LogP contribution < -0.4 is 0 Å². The van der Waals surface area contributed by atoms with Gasteiger partial charge >= 0.3 is 0 Å². The van der Waals surface area contributed by atoms with E-state index >= 15 is 0 Å². The summed E-state index contributed by atoms with van der Waals surface area (Å²) in [4.78, 5) is 0. The van der Waals surface area contributed by atoms with Gasteiger partial charge in [-0.05, 0) is 36.0 Å². The fraction of sp³-hybridized carbons (Fsp3) is 0.333. The number of fused-ring (bicyclic) bond motifs is 1. The molecule has 12 heavy (non-hydrogen) atoms. The number of aryl methyl sites for hydroxylation is 1. The van der Waals surface area contributed by atoms with Gasteiger partial charge in [0.2, 0.25) is 0 Å². The smallest absolute Gasteiger partial charge is 0.0150 e. The Balaban J connectivity index is 2.61. The molecule has 1 aliphatic rings. The summed E-state index contributed by atoms with van der Waals surface area (Å²) in [7, 11) is 0. The molecule has 0 nitrogen and oxygen atoms in total. The summed E-state index contributed by atoms with van der Waals surface area (Å²) in [6.07, 6.45) is 5.72. The van der Waals surface area contributed by atoms with Crippen LogP contribution in [0.1, 0.15) is 36.0 Å². The van der Waals surface area contributed by atoms with Gasteiger partial charge in [0.1, 0.15) is 0 Å². The van der Waals surface area contributed by atoms with E-state index in [1.807, 2.05) is 0 Å². The Morgan fingerprint density at radius 3 is 2.92 bits per heavy atom. The van der Waals surface area contributed by atoms with Crippen molar-refractivity contribution in [1.29, 1.82) is 0 Å². The van der Waals surface area contributed by atoms with E-state index in [0.29, 0.717) is 5.92 Å². The van der Waals surface area contributed by atoms with Gasteiger partial charge in [0.15, 0.2) is 0 Å². The number of rotatable bonds is 0. The third kappa shape index (κ3) is 1.08. The zero-order valence-electron chi connectivity index (χ0n) is 7.67. The van der Waals surface area contributed by atoms with Crippen molar-refractivity contribution < 1.29 is 0 Å². The Labute approximate surface area is 73.9 Å². The summed E-state index contributed by atoms with van der Waals surface area (Å²) in [5.41, 5.74) is 4.35. The van der Waals surface area contributed by atoms with Gasteiger partial charge in [-0.3, -0.25) is 0 Å². The van der Waals surface area contributed by atoms with Gasteiger partial charge < -0.3 is 0 Å². The molecule has 0 heterocycles. The van der Waals surface area contributed by atoms with Crippen LogP contribution in [0.2, 0.25) is 0 Å². The van der Waals surface area contributed by atoms with Crippen LogP contribution in [0.15, 0.2) is 24.3 Å². The molecule has 62 valence electrons. The summed E-state index contributed by atoms with van der Waals surface area (Å²) >= 11 is 0. The molecule has 0 fully saturated rings. The Hall–Kier alpha value is -1.04. The lowest BCUT2D eigenvalue weighted by atomic mass is 9.86. The third-order valence-electron chi connectivity index (χ3n) is 2.66. The van der Waals surface area contributed by atoms with E-state index in [1.54, 1.807) is 0 Å². The van der Waals surface area contributed by atoms with Crippen LogP contribution in [0, 0.1) is 6.92 Å². The van der Waals surface area contributed by atoms with E-state index in [1.165, 1.54) is 23.1 Å². The summed E-state index contributed by atoms with van der Waals surface area (Å²) in [5, 5.41) is 0. The summed E-state index contributed by atoms with van der Waals surface area (Å²) in [6, 6.07) is 6.58. The molecule has 1 atom stereocenters. The number of hydrogen-bond acceptors (Lipinski definition) is 0. The zero-order valence-corrected chi connectivity index (χ0v) is 7.67. The summed E-state index contributed by atoms with van der Waals surface area (Å²) < 4.78 is 0. The van der Waals surface area contributed by atoms with Crippen molar-refractivity contribution in [3.8, 4) is 0 Å². The normalized spacial score (nSPS) is 20.7. The van der Waals surface area contributed by atoms with Crippen LogP contribution in [0.3, 0.4) is 0 Å². The van der Waals surface area contributed by atoms with Gasteiger partial charge in [0.05, 0.1) is 0 Å². The Bertz CT molecular complexity index is 321. The number of hydrogen-bond donors (Lipinski definition) is 0. The molecule has 0 aromatic heterocycles. The predicted octanol–water partition coefficient (Wildman–Crippen LogP) is 3.52. The van der Waals surface area contributed by atoms with E-state index in [4.69, 9.17) is 0 Å². The number of allylic oxidation sites excluding steroid dienone is 1. The molecule has 0 heteroatoms. The van der Waals surface area contributed by atoms with Gasteiger partial charge in [0, 0.05) is 0 Å². The molecule has 0 saturated carbocycles. The molecule has 0 aliphatic heterocycles. The van der Waals surface area contributed by atoms with E-state index in [9.17, 15) is 0 Å². The molecule has 1 aliphatic carbocycles. The van der Waals surface area contributed by atoms with Crippen molar-refractivity contribution >= 4 is 6.08 Å². The topological polar surface area (TPSA) is 0 Å². The lowest BCUT2D eigenvalue weighted by Gasteiger charge is -2.18. The molecule has 0 radical (unpaired) electrons. The largest absolute Gasteiger partial charge is 0.0833 e. The SMILES string of the molecule is Cc1cccc2c1C=CCC2C. The molecule has 2 rings (SSSR count). The van der Waals surface area contributed by atoms with Crippen LogP contribution in [0.4, 0.5) is 0 Å². The van der Waals surface area contributed by atoms with Crippen LogP contribution >= 0.6 is 0 Å². The van der Waals surface area contributed by atoms with Crippen LogP contribution in [0.25, 0.3) is 6.08 Å². The van der Waals surface area contributed by atoms with Gasteiger partial charge in [-0.25, -0.2) is 0 Å². The highest BCUT2D eigenvalue weighted by molar-refractivity contribution is 5.60. The maximum absolute atomic E-state index is 2.29. The van der Waals surface area contributed by atoms with E-state index in [2.05, 4.69) is 44.2 Å². The van der Waals surface area contributed by atoms with Gasteiger partial charge in [-0.2, -0.15) is 0 Å². The van der Waals surface area contributed by atoms with Crippen molar-refractivity contribution in [3.63, 3.8) is 0 Å². The highest BCUT2D eigenvalue weighted by atomic mass is 14.2. The first-order valence-corrected chi connectivity index (χ1v) is 4.55. The average molecular weight is 158 g/mol. The second kappa shape index (κ2) is 2.78. The molecule has 0 N–H and O–H groups in total. The lowest BCUT2D eigenvalue weighted by molar-refractivity contribution is 0.770. The van der Waals surface area contributed by atoms with Crippen LogP contribution in [-0.4, -0.2) is 0 Å². The van der Waals surface area contributed by atoms with E-state index in [0.717, 1.165) is 0 Å². The molecule has 0 saturated heterocycles. The lowest BCUT2D eigenvalue weighted by Crippen LogP contribution is -2.00. The van der Waals surface area contributed by atoms with Crippen molar-refractivity contribution in [1.82, 2.24) is 0 Å². The molecular formula is C12H14. The standard InChI is InChI=1S/C12H14/c1-9-5-3-8-12-10(2)6-4-7-11(9)12/h3-5,7-8,10H,6H2,1-2H3. The second-order valence-corrected chi connectivity index (χ2v) is 3.62. The van der Waals surface area contributed by atoms with E-state index < -0.39 is 0 Å². The molecule has 1 aromatic rings. The van der Waals surface area contributed by atoms with Crippen molar-refractivity contribution in [2.45, 2.75) is 26.2 Å². The quantitative estimate of drug-likeness (QED) is 0.542. The monoisotopic (exact) mass is 158 g/mol. The van der Waals surface area contributed by atoms with E-state index in [-0.39, 0.29) is 0 Å². The minimum Gasteiger partial charge on any atom is -0.0833 e. The Morgan fingerprint density at radius 1 is 1.33 bits per heavy atom.